The summed E-state index contributed by atoms with van der Waals surface area (Å²) < 4.78 is 5.37. The Morgan fingerprint density at radius 1 is 1.14 bits per heavy atom. The van der Waals surface area contributed by atoms with E-state index in [4.69, 9.17) is 27.6 Å². The molecule has 0 fully saturated rings. The van der Waals surface area contributed by atoms with Crippen LogP contribution in [0.1, 0.15) is 10.6 Å². The summed E-state index contributed by atoms with van der Waals surface area (Å²) in [7, 11) is 0. The van der Waals surface area contributed by atoms with Crippen molar-refractivity contribution in [2.75, 3.05) is 0 Å². The van der Waals surface area contributed by atoms with E-state index >= 15 is 0 Å². The zero-order valence-corrected chi connectivity index (χ0v) is 16.5. The molecule has 4 nitrogen and oxygen atoms in total. The summed E-state index contributed by atoms with van der Waals surface area (Å²) >= 11 is 13.2. The summed E-state index contributed by atoms with van der Waals surface area (Å²) in [6.07, 6.45) is 1.67. The monoisotopic (exact) mass is 424 g/mol. The quantitative estimate of drug-likeness (QED) is 0.286. The van der Waals surface area contributed by atoms with Crippen LogP contribution in [0.5, 0.6) is 0 Å². The fourth-order valence-electron chi connectivity index (χ4n) is 2.67. The molecule has 0 aliphatic rings. The van der Waals surface area contributed by atoms with Gasteiger partial charge in [-0.05, 0) is 35.9 Å². The molecule has 136 valence electrons. The first-order valence-corrected chi connectivity index (χ1v) is 9.75. The fourth-order valence-corrected chi connectivity index (χ4v) is 3.76. The van der Waals surface area contributed by atoms with Crippen LogP contribution >= 0.6 is 34.5 Å². The highest BCUT2D eigenvalue weighted by atomic mass is 35.5. The van der Waals surface area contributed by atoms with Gasteiger partial charge in [0.15, 0.2) is 0 Å². The predicted molar refractivity (Wildman–Crippen MR) is 114 cm³/mol. The molecule has 0 saturated heterocycles. The molecule has 2 aromatic carbocycles. The largest absolute Gasteiger partial charge is 0.422 e. The molecule has 0 amide bonds. The number of nitriles is 1. The number of nitrogens with zero attached hydrogens (tertiary/aromatic N) is 2. The van der Waals surface area contributed by atoms with Gasteiger partial charge in [0.05, 0.1) is 26.9 Å². The first-order valence-electron chi connectivity index (χ1n) is 8.11. The number of halogens is 2. The van der Waals surface area contributed by atoms with Gasteiger partial charge in [-0.1, -0.05) is 47.5 Å². The minimum atomic E-state index is -0.470. The van der Waals surface area contributed by atoms with Crippen LogP contribution in [-0.2, 0) is 0 Å². The van der Waals surface area contributed by atoms with E-state index < -0.39 is 5.63 Å². The van der Waals surface area contributed by atoms with Crippen molar-refractivity contribution in [1.82, 2.24) is 4.98 Å². The van der Waals surface area contributed by atoms with Crippen LogP contribution in [-0.4, -0.2) is 4.98 Å². The molecule has 0 bridgehead atoms. The summed E-state index contributed by atoms with van der Waals surface area (Å²) in [6.45, 7) is 0. The average Bonchev–Trinajstić information content (AvgIpc) is 3.18. The first-order chi connectivity index (χ1) is 13.5. The maximum absolute atomic E-state index is 12.3. The lowest BCUT2D eigenvalue weighted by Gasteiger charge is -2.00. The van der Waals surface area contributed by atoms with Crippen LogP contribution in [0.2, 0.25) is 10.0 Å². The molecule has 0 spiro atoms. The second-order valence-corrected chi connectivity index (χ2v) is 7.54. The van der Waals surface area contributed by atoms with Gasteiger partial charge in [0.2, 0.25) is 0 Å². The average molecular weight is 425 g/mol. The van der Waals surface area contributed by atoms with Crippen LogP contribution in [0.15, 0.2) is 63.1 Å². The van der Waals surface area contributed by atoms with Gasteiger partial charge in [-0.2, -0.15) is 5.26 Å². The molecule has 2 heterocycles. The molecular formula is C21H10Cl2N2O2S. The number of aromatic nitrogens is 1. The first kappa shape index (κ1) is 18.5. The lowest BCUT2D eigenvalue weighted by molar-refractivity contribution is 0.563. The Morgan fingerprint density at radius 2 is 1.96 bits per heavy atom. The molecule has 4 aromatic rings. The highest BCUT2D eigenvalue weighted by Crippen LogP contribution is 2.29. The molecule has 7 heteroatoms. The normalized spacial score (nSPS) is 11.5. The van der Waals surface area contributed by atoms with Crippen LogP contribution < -0.4 is 5.63 Å². The van der Waals surface area contributed by atoms with Crippen molar-refractivity contribution in [3.63, 3.8) is 0 Å². The maximum Gasteiger partial charge on any atom is 0.345 e. The van der Waals surface area contributed by atoms with Crippen molar-refractivity contribution in [2.45, 2.75) is 0 Å². The minimum Gasteiger partial charge on any atom is -0.422 e. The van der Waals surface area contributed by atoms with Gasteiger partial charge in [0, 0.05) is 10.8 Å². The van der Waals surface area contributed by atoms with Crippen LogP contribution in [0, 0.1) is 11.3 Å². The number of hydrogen-bond donors (Lipinski definition) is 0. The van der Waals surface area contributed by atoms with Gasteiger partial charge < -0.3 is 4.42 Å². The van der Waals surface area contributed by atoms with Gasteiger partial charge in [-0.25, -0.2) is 9.78 Å². The van der Waals surface area contributed by atoms with E-state index in [0.717, 1.165) is 10.9 Å². The van der Waals surface area contributed by atoms with Crippen LogP contribution in [0.3, 0.4) is 0 Å². The lowest BCUT2D eigenvalue weighted by Crippen LogP contribution is -2.02. The predicted octanol–water partition coefficient (Wildman–Crippen LogP) is 6.29. The number of thiazole rings is 1. The van der Waals surface area contributed by atoms with Gasteiger partial charge >= 0.3 is 5.63 Å². The summed E-state index contributed by atoms with van der Waals surface area (Å²) in [5, 5.41) is 13.4. The molecule has 4 rings (SSSR count). The summed E-state index contributed by atoms with van der Waals surface area (Å²) in [6, 6.07) is 16.3. The second kappa shape index (κ2) is 7.61. The topological polar surface area (TPSA) is 66.9 Å². The smallest absolute Gasteiger partial charge is 0.345 e. The van der Waals surface area contributed by atoms with E-state index in [-0.39, 0.29) is 0 Å². The zero-order chi connectivity index (χ0) is 19.7. The van der Waals surface area contributed by atoms with Crippen LogP contribution in [0.25, 0.3) is 33.9 Å². The zero-order valence-electron chi connectivity index (χ0n) is 14.1. The standard InChI is InChI=1S/C21H10Cl2N2O2S/c22-16-6-5-12(8-17(16)23)7-14(10-24)20-25-18(11-28-20)15-9-13-3-1-2-4-19(13)27-21(15)26/h1-9,11H. The van der Waals surface area contributed by atoms with E-state index in [1.807, 2.05) is 12.1 Å². The molecule has 2 aromatic heterocycles. The van der Waals surface area contributed by atoms with Crippen molar-refractivity contribution in [3.8, 4) is 17.3 Å². The molecule has 0 unspecified atom stereocenters. The Morgan fingerprint density at radius 3 is 2.75 bits per heavy atom. The molecule has 0 aliphatic carbocycles. The number of fused-ring (bicyclic) bond motifs is 1. The molecule has 0 N–H and O–H groups in total. The third-order valence-corrected chi connectivity index (χ3v) is 5.64. The third-order valence-electron chi connectivity index (χ3n) is 4.03. The van der Waals surface area contributed by atoms with Crippen LogP contribution in [0.4, 0.5) is 0 Å². The van der Waals surface area contributed by atoms with E-state index in [1.165, 1.54) is 11.3 Å². The molecule has 0 saturated carbocycles. The van der Waals surface area contributed by atoms with Crippen molar-refractivity contribution in [1.29, 1.82) is 5.26 Å². The Hall–Kier alpha value is -2.91. The van der Waals surface area contributed by atoms with E-state index in [0.29, 0.717) is 37.5 Å². The summed E-state index contributed by atoms with van der Waals surface area (Å²) in [5.41, 5.74) is 1.96. The Labute approximate surface area is 173 Å². The van der Waals surface area contributed by atoms with Gasteiger partial charge in [0.25, 0.3) is 0 Å². The Kier molecular flexibility index (Phi) is 5.01. The Bertz CT molecular complexity index is 1330. The number of benzene rings is 2. The highest BCUT2D eigenvalue weighted by Gasteiger charge is 2.14. The molecule has 28 heavy (non-hydrogen) atoms. The van der Waals surface area contributed by atoms with Crippen molar-refractivity contribution in [2.24, 2.45) is 0 Å². The summed E-state index contributed by atoms with van der Waals surface area (Å²) in [4.78, 5) is 16.8. The maximum atomic E-state index is 12.3. The minimum absolute atomic E-state index is 0.355. The molecule has 0 radical (unpaired) electrons. The fraction of sp³-hybridized carbons (Fsp3) is 0. The number of rotatable bonds is 3. The van der Waals surface area contributed by atoms with Gasteiger partial charge in [0.1, 0.15) is 16.7 Å². The number of para-hydroxylation sites is 1. The van der Waals surface area contributed by atoms with Crippen molar-refractivity contribution in [3.05, 3.63) is 84.9 Å². The lowest BCUT2D eigenvalue weighted by atomic mass is 10.1. The van der Waals surface area contributed by atoms with Gasteiger partial charge in [-0.15, -0.1) is 11.3 Å². The molecular weight excluding hydrogens is 415 g/mol. The van der Waals surface area contributed by atoms with Crippen molar-refractivity contribution < 1.29 is 4.42 Å². The van der Waals surface area contributed by atoms with E-state index in [9.17, 15) is 10.1 Å². The highest BCUT2D eigenvalue weighted by molar-refractivity contribution is 7.11. The summed E-state index contributed by atoms with van der Waals surface area (Å²) in [5.74, 6) is 0. The van der Waals surface area contributed by atoms with Crippen molar-refractivity contribution >= 4 is 57.2 Å². The second-order valence-electron chi connectivity index (χ2n) is 5.87. The number of allylic oxidation sites excluding steroid dienone is 1. The van der Waals surface area contributed by atoms with E-state index in [1.54, 1.807) is 47.9 Å². The number of hydrogen-bond acceptors (Lipinski definition) is 5. The Balaban J connectivity index is 1.75. The molecule has 0 atom stereocenters. The SMILES string of the molecule is N#CC(=Cc1ccc(Cl)c(Cl)c1)c1nc(-c2cc3ccccc3oc2=O)cs1. The van der Waals surface area contributed by atoms with E-state index in [2.05, 4.69) is 11.1 Å². The molecule has 0 aliphatic heterocycles. The third kappa shape index (κ3) is 3.58. The van der Waals surface area contributed by atoms with Gasteiger partial charge in [-0.3, -0.25) is 0 Å².